The molecule has 0 saturated heterocycles. The van der Waals surface area contributed by atoms with Crippen molar-refractivity contribution in [3.05, 3.63) is 58.8 Å². The molecule has 2 heterocycles. The highest BCUT2D eigenvalue weighted by Crippen LogP contribution is 2.45. The van der Waals surface area contributed by atoms with Gasteiger partial charge in [0.2, 0.25) is 5.78 Å². The Hall–Kier alpha value is -2.46. The summed E-state index contributed by atoms with van der Waals surface area (Å²) in [7, 11) is 1.56. The Morgan fingerprint density at radius 1 is 1.22 bits per heavy atom. The average Bonchev–Trinajstić information content (AvgIpc) is 2.96. The second-order valence-electron chi connectivity index (χ2n) is 5.50. The third-order valence-corrected chi connectivity index (χ3v) is 4.52. The van der Waals surface area contributed by atoms with Crippen LogP contribution < -0.4 is 10.1 Å². The molecule has 0 saturated carbocycles. The fourth-order valence-electron chi connectivity index (χ4n) is 3.01. The van der Waals surface area contributed by atoms with Crippen LogP contribution in [0.3, 0.4) is 0 Å². The highest BCUT2D eigenvalue weighted by Gasteiger charge is 2.32. The Balaban J connectivity index is 1.88. The van der Waals surface area contributed by atoms with Crippen molar-refractivity contribution in [3.8, 4) is 5.75 Å². The molecular weight excluding hydrogens is 314 g/mol. The average molecular weight is 328 g/mol. The molecule has 1 unspecified atom stereocenters. The molecule has 1 aromatic heterocycles. The van der Waals surface area contributed by atoms with Crippen LogP contribution in [0.25, 0.3) is 11.0 Å². The van der Waals surface area contributed by atoms with Gasteiger partial charge in [-0.15, -0.1) is 0 Å². The summed E-state index contributed by atoms with van der Waals surface area (Å²) in [6.45, 7) is 0. The summed E-state index contributed by atoms with van der Waals surface area (Å²) >= 11 is 6.43. The SMILES string of the molecule is COc1ccc2oc3c(c2c1Cl)NC(c1ccccc1)CC3=O. The first-order valence-electron chi connectivity index (χ1n) is 7.32. The molecule has 0 spiro atoms. The standard InChI is InChI=1S/C18H14ClNO3/c1-22-14-8-7-13-15(16(14)19)17-18(23-13)12(21)9-11(20-17)10-5-3-2-4-6-10/h2-8,11,20H,9H2,1H3. The third-order valence-electron chi connectivity index (χ3n) is 4.14. The minimum Gasteiger partial charge on any atom is -0.495 e. The first-order chi connectivity index (χ1) is 11.2. The van der Waals surface area contributed by atoms with Crippen molar-refractivity contribution in [2.45, 2.75) is 12.5 Å². The molecule has 0 radical (unpaired) electrons. The molecule has 1 aliphatic rings. The highest BCUT2D eigenvalue weighted by molar-refractivity contribution is 6.38. The summed E-state index contributed by atoms with van der Waals surface area (Å²) in [5.41, 5.74) is 2.28. The number of hydrogen-bond acceptors (Lipinski definition) is 4. The number of carbonyl (C=O) groups is 1. The Morgan fingerprint density at radius 3 is 2.74 bits per heavy atom. The third kappa shape index (κ3) is 2.18. The van der Waals surface area contributed by atoms with Crippen LogP contribution in [0.5, 0.6) is 5.75 Å². The van der Waals surface area contributed by atoms with E-state index < -0.39 is 0 Å². The maximum Gasteiger partial charge on any atom is 0.202 e. The van der Waals surface area contributed by atoms with Crippen molar-refractivity contribution in [3.63, 3.8) is 0 Å². The van der Waals surface area contributed by atoms with Crippen molar-refractivity contribution in [2.75, 3.05) is 12.4 Å². The molecule has 1 aliphatic heterocycles. The smallest absolute Gasteiger partial charge is 0.202 e. The van der Waals surface area contributed by atoms with Crippen molar-refractivity contribution < 1.29 is 13.9 Å². The molecule has 2 aromatic carbocycles. The Labute approximate surface area is 138 Å². The van der Waals surface area contributed by atoms with Gasteiger partial charge in [0, 0.05) is 6.42 Å². The lowest BCUT2D eigenvalue weighted by molar-refractivity contribution is 0.0946. The fraction of sp³-hybridized carbons (Fsp3) is 0.167. The predicted molar refractivity (Wildman–Crippen MR) is 89.5 cm³/mol. The molecule has 3 aromatic rings. The molecule has 0 fully saturated rings. The number of Topliss-reactive ketones (excluding diaryl/α,β-unsaturated/α-hetero) is 1. The van der Waals surface area contributed by atoms with Gasteiger partial charge < -0.3 is 14.5 Å². The lowest BCUT2D eigenvalue weighted by Crippen LogP contribution is -2.21. The van der Waals surface area contributed by atoms with Gasteiger partial charge in [0.25, 0.3) is 0 Å². The number of ether oxygens (including phenoxy) is 1. The molecule has 5 heteroatoms. The summed E-state index contributed by atoms with van der Waals surface area (Å²) < 4.78 is 11.0. The highest BCUT2D eigenvalue weighted by atomic mass is 35.5. The van der Waals surface area contributed by atoms with E-state index in [1.807, 2.05) is 30.3 Å². The lowest BCUT2D eigenvalue weighted by atomic mass is 9.95. The van der Waals surface area contributed by atoms with E-state index in [1.54, 1.807) is 19.2 Å². The minimum atomic E-state index is -0.0979. The van der Waals surface area contributed by atoms with E-state index in [1.165, 1.54) is 0 Å². The van der Waals surface area contributed by atoms with E-state index in [4.69, 9.17) is 20.8 Å². The van der Waals surface area contributed by atoms with Gasteiger partial charge in [-0.1, -0.05) is 41.9 Å². The molecular formula is C18H14ClNO3. The Kier molecular flexibility index (Phi) is 3.27. The van der Waals surface area contributed by atoms with Crippen LogP contribution in [-0.4, -0.2) is 12.9 Å². The number of carbonyl (C=O) groups excluding carboxylic acids is 1. The van der Waals surface area contributed by atoms with Gasteiger partial charge in [-0.2, -0.15) is 0 Å². The molecule has 116 valence electrons. The number of halogens is 1. The summed E-state index contributed by atoms with van der Waals surface area (Å²) in [5.74, 6) is 0.861. The van der Waals surface area contributed by atoms with Crippen LogP contribution in [0.2, 0.25) is 5.02 Å². The maximum absolute atomic E-state index is 12.5. The second kappa shape index (κ2) is 5.32. The number of hydrogen-bond donors (Lipinski definition) is 1. The van der Waals surface area contributed by atoms with Crippen LogP contribution >= 0.6 is 11.6 Å². The number of rotatable bonds is 2. The minimum absolute atomic E-state index is 0.0289. The van der Waals surface area contributed by atoms with Crippen LogP contribution in [0.1, 0.15) is 28.6 Å². The van der Waals surface area contributed by atoms with Gasteiger partial charge in [-0.05, 0) is 17.7 Å². The van der Waals surface area contributed by atoms with Gasteiger partial charge in [0.15, 0.2) is 5.76 Å². The van der Waals surface area contributed by atoms with Gasteiger partial charge in [0.05, 0.1) is 29.2 Å². The first-order valence-corrected chi connectivity index (χ1v) is 7.70. The largest absolute Gasteiger partial charge is 0.495 e. The monoisotopic (exact) mass is 327 g/mol. The van der Waals surface area contributed by atoms with Crippen LogP contribution in [0.4, 0.5) is 5.69 Å². The Bertz CT molecular complexity index is 902. The topological polar surface area (TPSA) is 51.5 Å². The van der Waals surface area contributed by atoms with Crippen molar-refractivity contribution >= 4 is 34.0 Å². The van der Waals surface area contributed by atoms with Crippen LogP contribution in [0, 0.1) is 0 Å². The molecule has 0 amide bonds. The van der Waals surface area contributed by atoms with Gasteiger partial charge in [-0.25, -0.2) is 0 Å². The zero-order valence-electron chi connectivity index (χ0n) is 12.4. The van der Waals surface area contributed by atoms with Crippen LogP contribution in [-0.2, 0) is 0 Å². The number of fused-ring (bicyclic) bond motifs is 3. The molecule has 1 atom stereocenters. The molecule has 0 aliphatic carbocycles. The molecule has 4 nitrogen and oxygen atoms in total. The van der Waals surface area contributed by atoms with Crippen molar-refractivity contribution in [2.24, 2.45) is 0 Å². The number of ketones is 1. The Morgan fingerprint density at radius 2 is 2.00 bits per heavy atom. The fourth-order valence-corrected chi connectivity index (χ4v) is 3.34. The summed E-state index contributed by atoms with van der Waals surface area (Å²) in [4.78, 5) is 12.5. The van der Waals surface area contributed by atoms with Crippen LogP contribution in [0.15, 0.2) is 46.9 Å². The maximum atomic E-state index is 12.5. The van der Waals surface area contributed by atoms with E-state index in [0.717, 1.165) is 5.56 Å². The number of benzene rings is 2. The molecule has 23 heavy (non-hydrogen) atoms. The first kappa shape index (κ1) is 14.2. The number of anilines is 1. The van der Waals surface area contributed by atoms with E-state index in [0.29, 0.717) is 39.6 Å². The van der Waals surface area contributed by atoms with E-state index >= 15 is 0 Å². The number of methoxy groups -OCH3 is 1. The van der Waals surface area contributed by atoms with Crippen molar-refractivity contribution in [1.29, 1.82) is 0 Å². The number of nitrogens with one attached hydrogen (secondary N) is 1. The zero-order valence-corrected chi connectivity index (χ0v) is 13.2. The zero-order chi connectivity index (χ0) is 16.0. The van der Waals surface area contributed by atoms with Gasteiger partial charge in [0.1, 0.15) is 11.3 Å². The van der Waals surface area contributed by atoms with Gasteiger partial charge in [-0.3, -0.25) is 4.79 Å². The van der Waals surface area contributed by atoms with E-state index in [2.05, 4.69) is 5.32 Å². The summed E-state index contributed by atoms with van der Waals surface area (Å²) in [5, 5.41) is 4.54. The van der Waals surface area contributed by atoms with E-state index in [9.17, 15) is 4.79 Å². The van der Waals surface area contributed by atoms with Gasteiger partial charge >= 0.3 is 0 Å². The normalized spacial score (nSPS) is 17.0. The van der Waals surface area contributed by atoms with E-state index in [-0.39, 0.29) is 11.8 Å². The second-order valence-corrected chi connectivity index (χ2v) is 5.87. The molecule has 0 bridgehead atoms. The summed E-state index contributed by atoms with van der Waals surface area (Å²) in [6.07, 6.45) is 0.353. The molecule has 1 N–H and O–H groups in total. The lowest BCUT2D eigenvalue weighted by Gasteiger charge is -2.23. The predicted octanol–water partition coefficient (Wildman–Crippen LogP) is 4.83. The number of furan rings is 1. The quantitative estimate of drug-likeness (QED) is 0.732. The molecule has 4 rings (SSSR count). The summed E-state index contributed by atoms with van der Waals surface area (Å²) in [6, 6.07) is 13.3. The van der Waals surface area contributed by atoms with Crippen molar-refractivity contribution in [1.82, 2.24) is 0 Å².